The second-order valence-corrected chi connectivity index (χ2v) is 10.6. The van der Waals surface area contributed by atoms with Gasteiger partial charge in [-0.05, 0) is 55.2 Å². The Morgan fingerprint density at radius 3 is 2.19 bits per heavy atom. The average molecular weight is 445 g/mol. The van der Waals surface area contributed by atoms with Gasteiger partial charge in [0, 0.05) is 39.4 Å². The van der Waals surface area contributed by atoms with Crippen molar-refractivity contribution in [1.29, 1.82) is 0 Å². The summed E-state index contributed by atoms with van der Waals surface area (Å²) in [4.78, 5) is 12.7. The number of hydrogen-bond donors (Lipinski definition) is 1. The Morgan fingerprint density at radius 1 is 1.06 bits per heavy atom. The minimum Gasteiger partial charge on any atom is -0.457 e. The van der Waals surface area contributed by atoms with Crippen LogP contribution in [0.4, 0.5) is 0 Å². The Hall–Kier alpha value is -2.42. The van der Waals surface area contributed by atoms with Gasteiger partial charge in [0.15, 0.2) is 4.87 Å². The number of carbonyl (C=O) groups excluding carboxylic acids is 1. The predicted octanol–water partition coefficient (Wildman–Crippen LogP) is 3.69. The van der Waals surface area contributed by atoms with Crippen LogP contribution >= 0.6 is 0 Å². The molecule has 0 spiro atoms. The van der Waals surface area contributed by atoms with Crippen molar-refractivity contribution >= 4 is 15.7 Å². The van der Waals surface area contributed by atoms with Crippen LogP contribution in [0.2, 0.25) is 0 Å². The van der Waals surface area contributed by atoms with Crippen molar-refractivity contribution in [3.8, 4) is 11.5 Å². The van der Waals surface area contributed by atoms with Gasteiger partial charge in [-0.25, -0.2) is 13.5 Å². The molecule has 31 heavy (non-hydrogen) atoms. The van der Waals surface area contributed by atoms with Crippen molar-refractivity contribution in [2.75, 3.05) is 19.6 Å². The molecule has 166 valence electrons. The van der Waals surface area contributed by atoms with Crippen molar-refractivity contribution in [2.24, 2.45) is 5.92 Å². The number of hydroxylamine groups is 2. The lowest BCUT2D eigenvalue weighted by Crippen LogP contribution is -2.60. The van der Waals surface area contributed by atoms with E-state index in [2.05, 4.69) is 4.90 Å². The molecule has 0 radical (unpaired) electrons. The Bertz CT molecular complexity index is 1010. The van der Waals surface area contributed by atoms with Crippen molar-refractivity contribution in [1.82, 2.24) is 9.96 Å². The molecule has 1 saturated heterocycles. The molecule has 0 unspecified atom stereocenters. The number of amides is 1. The molecule has 2 aromatic rings. The molecule has 2 fully saturated rings. The molecular formula is C23H28N2O5S. The van der Waals surface area contributed by atoms with Crippen LogP contribution in [-0.2, 0) is 14.6 Å². The minimum absolute atomic E-state index is 0.0591. The van der Waals surface area contributed by atoms with Crippen LogP contribution < -0.4 is 4.74 Å². The lowest BCUT2D eigenvalue weighted by molar-refractivity contribution is -0.184. The van der Waals surface area contributed by atoms with Gasteiger partial charge in [-0.3, -0.25) is 10.0 Å². The number of likely N-dealkylation sites (tertiary alicyclic amines) is 1. The molecule has 2 aliphatic rings. The number of sulfone groups is 1. The molecule has 0 bridgehead atoms. The smallest absolute Gasteiger partial charge is 0.244 e. The third-order valence-electron chi connectivity index (χ3n) is 6.15. The van der Waals surface area contributed by atoms with Gasteiger partial charge in [0.05, 0.1) is 4.90 Å². The van der Waals surface area contributed by atoms with E-state index in [0.717, 1.165) is 6.54 Å². The quantitative estimate of drug-likeness (QED) is 0.518. The van der Waals surface area contributed by atoms with Crippen molar-refractivity contribution in [3.05, 3.63) is 54.6 Å². The number of nitrogens with zero attached hydrogens (tertiary/aromatic N) is 2. The van der Waals surface area contributed by atoms with Gasteiger partial charge in [0.2, 0.25) is 15.7 Å². The van der Waals surface area contributed by atoms with Crippen LogP contribution in [0, 0.1) is 5.92 Å². The minimum atomic E-state index is -4.02. The van der Waals surface area contributed by atoms with Crippen molar-refractivity contribution in [2.45, 2.75) is 42.4 Å². The summed E-state index contributed by atoms with van der Waals surface area (Å²) in [5, 5.41) is 11.0. The summed E-state index contributed by atoms with van der Waals surface area (Å²) in [7, 11) is -4.02. The molecule has 1 amide bonds. The third kappa shape index (κ3) is 4.46. The van der Waals surface area contributed by atoms with Crippen LogP contribution in [0.3, 0.4) is 0 Å². The molecule has 2 aromatic carbocycles. The van der Waals surface area contributed by atoms with E-state index in [1.54, 1.807) is 12.1 Å². The zero-order valence-corrected chi connectivity index (χ0v) is 18.4. The molecule has 8 heteroatoms. The van der Waals surface area contributed by atoms with Crippen LogP contribution in [0.5, 0.6) is 11.5 Å². The predicted molar refractivity (Wildman–Crippen MR) is 116 cm³/mol. The highest BCUT2D eigenvalue weighted by Gasteiger charge is 2.52. The van der Waals surface area contributed by atoms with Crippen LogP contribution in [0.25, 0.3) is 0 Å². The molecule has 1 aliphatic heterocycles. The standard InChI is InChI=1S/C23H28N2O5S/c1-18(26)25(27)23(13-15-24(16-14-23)17-19-7-8-19)31(28,29)22-11-9-21(10-12-22)30-20-5-3-2-4-6-20/h2-6,9-12,19,27H,7-8,13-17H2,1H3. The summed E-state index contributed by atoms with van der Waals surface area (Å²) in [6, 6.07) is 15.3. The Balaban J connectivity index is 1.57. The van der Waals surface area contributed by atoms with E-state index in [1.807, 2.05) is 30.3 Å². The highest BCUT2D eigenvalue weighted by atomic mass is 32.2. The largest absolute Gasteiger partial charge is 0.457 e. The van der Waals surface area contributed by atoms with E-state index < -0.39 is 20.6 Å². The van der Waals surface area contributed by atoms with Gasteiger partial charge < -0.3 is 9.64 Å². The number of carbonyl (C=O) groups is 1. The van der Waals surface area contributed by atoms with E-state index in [9.17, 15) is 18.4 Å². The van der Waals surface area contributed by atoms with Crippen molar-refractivity contribution < 1.29 is 23.2 Å². The van der Waals surface area contributed by atoms with Gasteiger partial charge in [0.1, 0.15) is 11.5 Å². The summed E-state index contributed by atoms with van der Waals surface area (Å²) < 4.78 is 33.0. The van der Waals surface area contributed by atoms with E-state index in [-0.39, 0.29) is 17.7 Å². The van der Waals surface area contributed by atoms with Gasteiger partial charge in [-0.1, -0.05) is 18.2 Å². The summed E-state index contributed by atoms with van der Waals surface area (Å²) in [5.41, 5.74) is 0. The van der Waals surface area contributed by atoms with Gasteiger partial charge in [0.25, 0.3) is 0 Å². The maximum Gasteiger partial charge on any atom is 0.244 e. The first-order valence-electron chi connectivity index (χ1n) is 10.6. The highest BCUT2D eigenvalue weighted by Crippen LogP contribution is 2.40. The molecular weight excluding hydrogens is 416 g/mol. The summed E-state index contributed by atoms with van der Waals surface area (Å²) in [5.74, 6) is 1.17. The molecule has 1 saturated carbocycles. The number of rotatable bonds is 7. The van der Waals surface area contributed by atoms with E-state index in [4.69, 9.17) is 4.74 Å². The zero-order chi connectivity index (χ0) is 22.1. The first kappa shape index (κ1) is 21.8. The molecule has 1 N–H and O–H groups in total. The maximum absolute atomic E-state index is 13.7. The second kappa shape index (κ2) is 8.61. The number of hydrogen-bond acceptors (Lipinski definition) is 6. The topological polar surface area (TPSA) is 87.2 Å². The van der Waals surface area contributed by atoms with Gasteiger partial charge in [-0.2, -0.15) is 0 Å². The molecule has 1 heterocycles. The molecule has 7 nitrogen and oxygen atoms in total. The van der Waals surface area contributed by atoms with Gasteiger partial charge in [-0.15, -0.1) is 0 Å². The molecule has 1 aliphatic carbocycles. The van der Waals surface area contributed by atoms with Crippen LogP contribution in [0.15, 0.2) is 59.5 Å². The monoisotopic (exact) mass is 444 g/mol. The van der Waals surface area contributed by atoms with E-state index in [1.165, 1.54) is 31.9 Å². The Kier molecular flexibility index (Phi) is 6.05. The van der Waals surface area contributed by atoms with Crippen LogP contribution in [0.1, 0.15) is 32.6 Å². The SMILES string of the molecule is CC(=O)N(O)C1(S(=O)(=O)c2ccc(Oc3ccccc3)cc2)CCN(CC2CC2)CC1. The third-order valence-corrected chi connectivity index (χ3v) is 8.62. The first-order valence-corrected chi connectivity index (χ1v) is 12.1. The number of ether oxygens (including phenoxy) is 1. The van der Waals surface area contributed by atoms with Gasteiger partial charge >= 0.3 is 0 Å². The average Bonchev–Trinajstić information content (AvgIpc) is 3.59. The lowest BCUT2D eigenvalue weighted by atomic mass is 10.0. The summed E-state index contributed by atoms with van der Waals surface area (Å²) >= 11 is 0. The van der Waals surface area contributed by atoms with Crippen molar-refractivity contribution in [3.63, 3.8) is 0 Å². The first-order chi connectivity index (χ1) is 14.8. The Morgan fingerprint density at radius 2 is 1.65 bits per heavy atom. The number of benzene rings is 2. The fourth-order valence-corrected chi connectivity index (χ4v) is 6.17. The summed E-state index contributed by atoms with van der Waals surface area (Å²) in [6.07, 6.45) is 2.77. The fraction of sp³-hybridized carbons (Fsp3) is 0.435. The second-order valence-electron chi connectivity index (χ2n) is 8.41. The Labute approximate surface area is 183 Å². The number of para-hydroxylation sites is 1. The van der Waals surface area contributed by atoms with E-state index >= 15 is 0 Å². The fourth-order valence-electron chi connectivity index (χ4n) is 4.16. The highest BCUT2D eigenvalue weighted by molar-refractivity contribution is 7.92. The maximum atomic E-state index is 13.7. The van der Waals surface area contributed by atoms with Crippen LogP contribution in [-0.4, -0.2) is 54.0 Å². The lowest BCUT2D eigenvalue weighted by Gasteiger charge is -2.44. The molecule has 4 rings (SSSR count). The zero-order valence-electron chi connectivity index (χ0n) is 17.6. The summed E-state index contributed by atoms with van der Waals surface area (Å²) in [6.45, 7) is 3.18. The molecule has 0 atom stereocenters. The molecule has 0 aromatic heterocycles. The normalized spacial score (nSPS) is 19.0. The number of piperidine rings is 1. The van der Waals surface area contributed by atoms with E-state index in [0.29, 0.717) is 35.6 Å².